The Hall–Kier alpha value is -3.22. The van der Waals surface area contributed by atoms with Gasteiger partial charge in [0.25, 0.3) is 0 Å². The minimum absolute atomic E-state index is 0.0128. The van der Waals surface area contributed by atoms with Gasteiger partial charge in [-0.1, -0.05) is 0 Å². The van der Waals surface area contributed by atoms with Crippen LogP contribution in [0.1, 0.15) is 43.5 Å². The van der Waals surface area contributed by atoms with E-state index >= 15 is 0 Å². The van der Waals surface area contributed by atoms with Gasteiger partial charge in [-0.3, -0.25) is 0 Å². The largest absolute Gasteiger partial charge is 0.488 e. The molecule has 0 N–H and O–H groups in total. The lowest BCUT2D eigenvalue weighted by Crippen LogP contribution is -2.23. The average Bonchev–Trinajstić information content (AvgIpc) is 3.14. The van der Waals surface area contributed by atoms with Crippen molar-refractivity contribution in [3.63, 3.8) is 0 Å². The van der Waals surface area contributed by atoms with Gasteiger partial charge in [0.15, 0.2) is 0 Å². The van der Waals surface area contributed by atoms with Crippen LogP contribution in [0.5, 0.6) is 5.75 Å². The zero-order valence-corrected chi connectivity index (χ0v) is 16.3. The van der Waals surface area contributed by atoms with E-state index in [0.29, 0.717) is 6.04 Å². The zero-order valence-electron chi connectivity index (χ0n) is 16.3. The maximum absolute atomic E-state index is 6.12. The number of aromatic nitrogens is 4. The summed E-state index contributed by atoms with van der Waals surface area (Å²) in [6.07, 6.45) is 10.7. The van der Waals surface area contributed by atoms with Crippen LogP contribution in [0.3, 0.4) is 0 Å². The first-order chi connectivity index (χ1) is 14.2. The van der Waals surface area contributed by atoms with Gasteiger partial charge in [-0.15, -0.1) is 0 Å². The van der Waals surface area contributed by atoms with Gasteiger partial charge in [-0.2, -0.15) is 0 Å². The van der Waals surface area contributed by atoms with E-state index in [1.807, 2.05) is 36.9 Å². The number of rotatable bonds is 5. The summed E-state index contributed by atoms with van der Waals surface area (Å²) < 4.78 is 8.29. The predicted molar refractivity (Wildman–Crippen MR) is 110 cm³/mol. The Bertz CT molecular complexity index is 1100. The van der Waals surface area contributed by atoms with Crippen molar-refractivity contribution in [2.75, 3.05) is 18.0 Å². The van der Waals surface area contributed by atoms with Crippen LogP contribution >= 0.6 is 0 Å². The first-order valence-electron chi connectivity index (χ1n) is 10.1. The summed E-state index contributed by atoms with van der Waals surface area (Å²) in [4.78, 5) is 20.2. The monoisotopic (exact) mass is 386 g/mol. The van der Waals surface area contributed by atoms with E-state index in [1.165, 1.54) is 0 Å². The highest BCUT2D eigenvalue weighted by Gasteiger charge is 2.40. The fourth-order valence-corrected chi connectivity index (χ4v) is 4.08. The molecule has 2 fully saturated rings. The van der Waals surface area contributed by atoms with E-state index < -0.39 is 0 Å². The number of imidazole rings is 1. The van der Waals surface area contributed by atoms with Gasteiger partial charge in [0, 0.05) is 37.1 Å². The van der Waals surface area contributed by atoms with Crippen LogP contribution in [-0.4, -0.2) is 43.9 Å². The molecule has 0 spiro atoms. The number of aliphatic imine (C=N–C) groups is 1. The fourth-order valence-electron chi connectivity index (χ4n) is 4.08. The number of nitrogens with zero attached hydrogens (tertiary/aromatic N) is 6. The summed E-state index contributed by atoms with van der Waals surface area (Å²) in [5.41, 5.74) is 3.89. The highest BCUT2D eigenvalue weighted by molar-refractivity contribution is 6.21. The van der Waals surface area contributed by atoms with Gasteiger partial charge in [0.1, 0.15) is 23.5 Å². The smallest absolute Gasteiger partial charge is 0.132 e. The van der Waals surface area contributed by atoms with Crippen molar-refractivity contribution in [2.24, 2.45) is 4.99 Å². The van der Waals surface area contributed by atoms with Gasteiger partial charge in [-0.25, -0.2) is 19.9 Å². The second-order valence-corrected chi connectivity index (χ2v) is 8.35. The maximum Gasteiger partial charge on any atom is 0.132 e. The van der Waals surface area contributed by atoms with Crippen LogP contribution < -0.4 is 9.64 Å². The fraction of sp³-hybridized carbons (Fsp3) is 0.364. The van der Waals surface area contributed by atoms with Crippen molar-refractivity contribution in [1.82, 2.24) is 19.5 Å². The van der Waals surface area contributed by atoms with Crippen molar-refractivity contribution >= 4 is 17.2 Å². The number of fused-ring (bicyclic) bond motifs is 1. The van der Waals surface area contributed by atoms with Gasteiger partial charge in [0.2, 0.25) is 0 Å². The van der Waals surface area contributed by atoms with Crippen molar-refractivity contribution in [3.8, 4) is 5.75 Å². The molecule has 1 atom stereocenters. The Morgan fingerprint density at radius 1 is 1.17 bits per heavy atom. The van der Waals surface area contributed by atoms with E-state index in [1.54, 1.807) is 6.33 Å². The summed E-state index contributed by atoms with van der Waals surface area (Å²) in [6, 6.07) is 8.61. The molecule has 6 rings (SSSR count). The van der Waals surface area contributed by atoms with Crippen molar-refractivity contribution in [3.05, 3.63) is 60.6 Å². The number of benzene rings is 1. The normalized spacial score (nSPS) is 21.3. The van der Waals surface area contributed by atoms with Crippen LogP contribution in [0.2, 0.25) is 0 Å². The zero-order chi connectivity index (χ0) is 19.4. The SMILES string of the molecule is CC1(Oc2ccc3c(c2)C(c2cc(N4CCC(n5ccnc5)C4)ncn2)=N3)CC1. The molecule has 1 saturated heterocycles. The molecule has 2 aromatic heterocycles. The van der Waals surface area contributed by atoms with Crippen LogP contribution in [0.25, 0.3) is 0 Å². The lowest BCUT2D eigenvalue weighted by molar-refractivity contribution is 0.200. The lowest BCUT2D eigenvalue weighted by atomic mass is 9.99. The second-order valence-electron chi connectivity index (χ2n) is 8.35. The molecule has 0 amide bonds. The standard InChI is InChI=1S/C22H22N6O/c1-22(5-6-22)29-16-2-3-18-17(10-16)21(26-18)19-11-20(25-13-24-19)27-8-4-15(12-27)28-9-7-23-14-28/h2-3,7,9-11,13-15H,4-6,8,12H2,1H3. The van der Waals surface area contributed by atoms with E-state index in [9.17, 15) is 0 Å². The van der Waals surface area contributed by atoms with Gasteiger partial charge in [0.05, 0.1) is 29.5 Å². The third-order valence-corrected chi connectivity index (χ3v) is 6.10. The van der Waals surface area contributed by atoms with Gasteiger partial charge in [-0.05, 0) is 44.4 Å². The van der Waals surface area contributed by atoms with Crippen LogP contribution in [0.15, 0.2) is 54.3 Å². The van der Waals surface area contributed by atoms with Crippen molar-refractivity contribution in [1.29, 1.82) is 0 Å². The molecule has 146 valence electrons. The van der Waals surface area contributed by atoms with E-state index in [0.717, 1.165) is 66.6 Å². The highest BCUT2D eigenvalue weighted by atomic mass is 16.5. The first-order valence-corrected chi connectivity index (χ1v) is 10.1. The number of hydrogen-bond acceptors (Lipinski definition) is 6. The molecule has 4 heterocycles. The summed E-state index contributed by atoms with van der Waals surface area (Å²) in [7, 11) is 0. The Kier molecular flexibility index (Phi) is 3.54. The molecule has 1 aromatic carbocycles. The molecule has 3 aliphatic rings. The molecule has 1 saturated carbocycles. The Labute approximate surface area is 169 Å². The summed E-state index contributed by atoms with van der Waals surface area (Å²) in [6.45, 7) is 4.05. The van der Waals surface area contributed by atoms with Gasteiger partial charge >= 0.3 is 0 Å². The molecular weight excluding hydrogens is 364 g/mol. The summed E-state index contributed by atoms with van der Waals surface area (Å²) in [5.74, 6) is 1.86. The quantitative estimate of drug-likeness (QED) is 0.525. The Balaban J connectivity index is 1.22. The third kappa shape index (κ3) is 2.97. The minimum atomic E-state index is 0.0128. The van der Waals surface area contributed by atoms with Crippen molar-refractivity contribution in [2.45, 2.75) is 37.8 Å². The Morgan fingerprint density at radius 3 is 2.93 bits per heavy atom. The highest BCUT2D eigenvalue weighted by Crippen LogP contribution is 2.42. The van der Waals surface area contributed by atoms with Crippen LogP contribution in [0, 0.1) is 0 Å². The third-order valence-electron chi connectivity index (χ3n) is 6.10. The van der Waals surface area contributed by atoms with E-state index in [4.69, 9.17) is 4.74 Å². The lowest BCUT2D eigenvalue weighted by Gasteiger charge is -2.22. The summed E-state index contributed by atoms with van der Waals surface area (Å²) in [5, 5.41) is 0. The molecule has 1 aliphatic carbocycles. The molecule has 1 unspecified atom stereocenters. The summed E-state index contributed by atoms with van der Waals surface area (Å²) >= 11 is 0. The molecule has 7 nitrogen and oxygen atoms in total. The van der Waals surface area contributed by atoms with Gasteiger partial charge < -0.3 is 14.2 Å². The average molecular weight is 386 g/mol. The number of hydrogen-bond donors (Lipinski definition) is 0. The number of ether oxygens (including phenoxy) is 1. The molecule has 3 aromatic rings. The molecule has 2 aliphatic heterocycles. The molecule has 0 radical (unpaired) electrons. The molecule has 29 heavy (non-hydrogen) atoms. The Morgan fingerprint density at radius 2 is 2.10 bits per heavy atom. The topological polar surface area (TPSA) is 68.4 Å². The maximum atomic E-state index is 6.12. The van der Waals surface area contributed by atoms with Crippen molar-refractivity contribution < 1.29 is 4.74 Å². The van der Waals surface area contributed by atoms with Crippen LogP contribution in [-0.2, 0) is 0 Å². The number of anilines is 1. The molecular formula is C22H22N6O. The van der Waals surface area contributed by atoms with Crippen LogP contribution in [0.4, 0.5) is 11.5 Å². The predicted octanol–water partition coefficient (Wildman–Crippen LogP) is 3.54. The minimum Gasteiger partial charge on any atom is -0.488 e. The molecule has 7 heteroatoms. The van der Waals surface area contributed by atoms with E-state index in [2.05, 4.69) is 42.4 Å². The molecule has 0 bridgehead atoms. The van der Waals surface area contributed by atoms with E-state index in [-0.39, 0.29) is 5.60 Å². The second kappa shape index (κ2) is 6.14. The first kappa shape index (κ1) is 16.7.